The Labute approximate surface area is 124 Å². The Kier molecular flexibility index (Phi) is 5.03. The minimum absolute atomic E-state index is 0.0592. The number of hydrogen-bond acceptors (Lipinski definition) is 1. The first-order chi connectivity index (χ1) is 9.04. The SMILES string of the molecule is Cc1cc(Br)cc(C(=O)NC2CCCC(C)CC2)c1. The quantitative estimate of drug-likeness (QED) is 0.800. The first-order valence-electron chi connectivity index (χ1n) is 7.12. The van der Waals surface area contributed by atoms with Crippen LogP contribution in [0.3, 0.4) is 0 Å². The third-order valence-electron chi connectivity index (χ3n) is 3.90. The second kappa shape index (κ2) is 6.56. The van der Waals surface area contributed by atoms with Crippen LogP contribution in [0.2, 0.25) is 0 Å². The van der Waals surface area contributed by atoms with E-state index in [2.05, 4.69) is 28.2 Å². The Bertz CT molecular complexity index is 438. The number of hydrogen-bond donors (Lipinski definition) is 1. The van der Waals surface area contributed by atoms with Crippen molar-refractivity contribution in [2.24, 2.45) is 5.92 Å². The summed E-state index contributed by atoms with van der Waals surface area (Å²) in [5.74, 6) is 0.860. The highest BCUT2D eigenvalue weighted by molar-refractivity contribution is 9.10. The molecule has 0 saturated heterocycles. The molecular formula is C16H22BrNO. The van der Waals surface area contributed by atoms with Gasteiger partial charge in [0.1, 0.15) is 0 Å². The molecule has 2 nitrogen and oxygen atoms in total. The van der Waals surface area contributed by atoms with Crippen LogP contribution in [0.15, 0.2) is 22.7 Å². The van der Waals surface area contributed by atoms with Crippen LogP contribution < -0.4 is 5.32 Å². The van der Waals surface area contributed by atoms with E-state index in [1.807, 2.05) is 25.1 Å². The Hall–Kier alpha value is -0.830. The van der Waals surface area contributed by atoms with Gasteiger partial charge in [-0.3, -0.25) is 4.79 Å². The van der Waals surface area contributed by atoms with Gasteiger partial charge in [0.25, 0.3) is 5.91 Å². The second-order valence-electron chi connectivity index (χ2n) is 5.80. The van der Waals surface area contributed by atoms with E-state index in [1.165, 1.54) is 19.3 Å². The predicted octanol–water partition coefficient (Wildman–Crippen LogP) is 4.46. The molecular weight excluding hydrogens is 302 g/mol. The van der Waals surface area contributed by atoms with Crippen molar-refractivity contribution in [1.29, 1.82) is 0 Å². The molecule has 0 aliphatic heterocycles. The summed E-state index contributed by atoms with van der Waals surface area (Å²) in [6.45, 7) is 4.32. The van der Waals surface area contributed by atoms with E-state index < -0.39 is 0 Å². The van der Waals surface area contributed by atoms with Crippen molar-refractivity contribution < 1.29 is 4.79 Å². The van der Waals surface area contributed by atoms with Gasteiger partial charge in [0, 0.05) is 16.1 Å². The Morgan fingerprint density at radius 3 is 2.74 bits per heavy atom. The third-order valence-corrected chi connectivity index (χ3v) is 4.35. The van der Waals surface area contributed by atoms with Gasteiger partial charge in [-0.15, -0.1) is 0 Å². The van der Waals surface area contributed by atoms with E-state index in [-0.39, 0.29) is 5.91 Å². The van der Waals surface area contributed by atoms with Crippen LogP contribution in [0.25, 0.3) is 0 Å². The van der Waals surface area contributed by atoms with Gasteiger partial charge in [-0.2, -0.15) is 0 Å². The molecule has 0 heterocycles. The lowest BCUT2D eigenvalue weighted by Gasteiger charge is -2.16. The number of nitrogens with one attached hydrogen (secondary N) is 1. The minimum atomic E-state index is 0.0592. The first-order valence-corrected chi connectivity index (χ1v) is 7.92. The Morgan fingerprint density at radius 2 is 2.00 bits per heavy atom. The maximum absolute atomic E-state index is 12.3. The van der Waals surface area contributed by atoms with Crippen LogP contribution in [0.4, 0.5) is 0 Å². The molecule has 0 radical (unpaired) electrons. The van der Waals surface area contributed by atoms with Crippen LogP contribution in [0.5, 0.6) is 0 Å². The average Bonchev–Trinajstić information content (AvgIpc) is 2.53. The molecule has 104 valence electrons. The number of amides is 1. The van der Waals surface area contributed by atoms with Crippen molar-refractivity contribution in [3.8, 4) is 0 Å². The van der Waals surface area contributed by atoms with Crippen molar-refractivity contribution in [2.45, 2.75) is 52.0 Å². The van der Waals surface area contributed by atoms with Crippen molar-refractivity contribution in [3.05, 3.63) is 33.8 Å². The maximum atomic E-state index is 12.3. The monoisotopic (exact) mass is 323 g/mol. The van der Waals surface area contributed by atoms with Gasteiger partial charge < -0.3 is 5.32 Å². The molecule has 2 rings (SSSR count). The highest BCUT2D eigenvalue weighted by atomic mass is 79.9. The highest BCUT2D eigenvalue weighted by Crippen LogP contribution is 2.23. The molecule has 1 N–H and O–H groups in total. The zero-order chi connectivity index (χ0) is 13.8. The van der Waals surface area contributed by atoms with Crippen molar-refractivity contribution in [2.75, 3.05) is 0 Å². The van der Waals surface area contributed by atoms with Crippen molar-refractivity contribution in [3.63, 3.8) is 0 Å². The zero-order valence-corrected chi connectivity index (χ0v) is 13.3. The largest absolute Gasteiger partial charge is 0.349 e. The summed E-state index contributed by atoms with van der Waals surface area (Å²) in [5.41, 5.74) is 1.86. The molecule has 2 unspecified atom stereocenters. The number of aryl methyl sites for hydroxylation is 1. The van der Waals surface area contributed by atoms with Crippen molar-refractivity contribution >= 4 is 21.8 Å². The lowest BCUT2D eigenvalue weighted by molar-refractivity contribution is 0.0933. The van der Waals surface area contributed by atoms with Crippen LogP contribution >= 0.6 is 15.9 Å². The molecule has 1 amide bonds. The van der Waals surface area contributed by atoms with Crippen LogP contribution in [0, 0.1) is 12.8 Å². The first kappa shape index (κ1) is 14.6. The fourth-order valence-corrected chi connectivity index (χ4v) is 3.38. The summed E-state index contributed by atoms with van der Waals surface area (Å²) in [7, 11) is 0. The summed E-state index contributed by atoms with van der Waals surface area (Å²) >= 11 is 3.45. The third kappa shape index (κ3) is 4.34. The molecule has 0 spiro atoms. The summed E-state index contributed by atoms with van der Waals surface area (Å²) in [5, 5.41) is 3.19. The summed E-state index contributed by atoms with van der Waals surface area (Å²) < 4.78 is 0.965. The molecule has 1 aromatic carbocycles. The number of benzene rings is 1. The van der Waals surface area contributed by atoms with Gasteiger partial charge in [-0.05, 0) is 55.9 Å². The molecule has 2 atom stereocenters. The molecule has 1 aromatic rings. The zero-order valence-electron chi connectivity index (χ0n) is 11.7. The fraction of sp³-hybridized carbons (Fsp3) is 0.562. The van der Waals surface area contributed by atoms with Crippen LogP contribution in [-0.2, 0) is 0 Å². The second-order valence-corrected chi connectivity index (χ2v) is 6.72. The number of rotatable bonds is 2. The maximum Gasteiger partial charge on any atom is 0.251 e. The summed E-state index contributed by atoms with van der Waals surface area (Å²) in [6, 6.07) is 6.20. The number of carbonyl (C=O) groups excluding carboxylic acids is 1. The van der Waals surface area contributed by atoms with E-state index >= 15 is 0 Å². The van der Waals surface area contributed by atoms with Gasteiger partial charge in [0.15, 0.2) is 0 Å². The predicted molar refractivity (Wildman–Crippen MR) is 82.4 cm³/mol. The topological polar surface area (TPSA) is 29.1 Å². The lowest BCUT2D eigenvalue weighted by Crippen LogP contribution is -2.34. The average molecular weight is 324 g/mol. The van der Waals surface area contributed by atoms with E-state index in [1.54, 1.807) is 0 Å². The van der Waals surface area contributed by atoms with Gasteiger partial charge in [-0.1, -0.05) is 35.7 Å². The number of halogens is 1. The molecule has 1 saturated carbocycles. The fourth-order valence-electron chi connectivity index (χ4n) is 2.77. The molecule has 1 fully saturated rings. The molecule has 1 aliphatic carbocycles. The molecule has 3 heteroatoms. The minimum Gasteiger partial charge on any atom is -0.349 e. The lowest BCUT2D eigenvalue weighted by atomic mass is 10.0. The molecule has 1 aliphatic rings. The molecule has 0 bridgehead atoms. The van der Waals surface area contributed by atoms with Crippen LogP contribution in [0.1, 0.15) is 54.9 Å². The molecule has 19 heavy (non-hydrogen) atoms. The molecule has 0 aromatic heterocycles. The summed E-state index contributed by atoms with van der Waals surface area (Å²) in [4.78, 5) is 12.3. The number of carbonyl (C=O) groups is 1. The Morgan fingerprint density at radius 1 is 1.21 bits per heavy atom. The van der Waals surface area contributed by atoms with E-state index in [0.29, 0.717) is 6.04 Å². The van der Waals surface area contributed by atoms with Gasteiger partial charge >= 0.3 is 0 Å². The van der Waals surface area contributed by atoms with E-state index in [0.717, 1.165) is 34.4 Å². The van der Waals surface area contributed by atoms with Gasteiger partial charge in [-0.25, -0.2) is 0 Å². The smallest absolute Gasteiger partial charge is 0.251 e. The van der Waals surface area contributed by atoms with Crippen molar-refractivity contribution in [1.82, 2.24) is 5.32 Å². The van der Waals surface area contributed by atoms with Gasteiger partial charge in [0.2, 0.25) is 0 Å². The highest BCUT2D eigenvalue weighted by Gasteiger charge is 2.18. The summed E-state index contributed by atoms with van der Waals surface area (Å²) in [6.07, 6.45) is 5.97. The normalized spacial score (nSPS) is 23.7. The van der Waals surface area contributed by atoms with E-state index in [4.69, 9.17) is 0 Å². The van der Waals surface area contributed by atoms with Gasteiger partial charge in [0.05, 0.1) is 0 Å². The van der Waals surface area contributed by atoms with Crippen LogP contribution in [-0.4, -0.2) is 11.9 Å². The standard InChI is InChI=1S/C16H22BrNO/c1-11-4-3-5-15(7-6-11)18-16(19)13-8-12(2)9-14(17)10-13/h8-11,15H,3-7H2,1-2H3,(H,18,19). The van der Waals surface area contributed by atoms with E-state index in [9.17, 15) is 4.79 Å². The Balaban J connectivity index is 2.00.